The van der Waals surface area contributed by atoms with E-state index >= 15 is 0 Å². The lowest BCUT2D eigenvalue weighted by Gasteiger charge is -2.22. The molecule has 52 valence electrons. The van der Waals surface area contributed by atoms with Gasteiger partial charge < -0.3 is 9.47 Å². The molecule has 2 unspecified atom stereocenters. The van der Waals surface area contributed by atoms with E-state index in [0.717, 1.165) is 0 Å². The van der Waals surface area contributed by atoms with Gasteiger partial charge in [-0.2, -0.15) is 0 Å². The third kappa shape index (κ3) is 1.51. The molecule has 0 aromatic carbocycles. The van der Waals surface area contributed by atoms with Gasteiger partial charge in [-0.3, -0.25) is 0 Å². The zero-order valence-electron chi connectivity index (χ0n) is 5.54. The van der Waals surface area contributed by atoms with E-state index in [0.29, 0.717) is 13.2 Å². The first-order valence-corrected chi connectivity index (χ1v) is 3.02. The Labute approximate surface area is 60.5 Å². The molecular weight excluding hydrogens is 128 g/mol. The van der Waals surface area contributed by atoms with Gasteiger partial charge in [0.1, 0.15) is 12.2 Å². The molecule has 1 heterocycles. The molecule has 1 aliphatic rings. The summed E-state index contributed by atoms with van der Waals surface area (Å²) in [5.74, 6) is 4.87. The Morgan fingerprint density at radius 2 is 1.40 bits per heavy atom. The average Bonchev–Trinajstić information content (AvgIpc) is 2.05. The van der Waals surface area contributed by atoms with Crippen LogP contribution in [0.1, 0.15) is 0 Å². The van der Waals surface area contributed by atoms with Gasteiger partial charge in [-0.05, 0) is 0 Å². The van der Waals surface area contributed by atoms with Crippen LogP contribution in [0.5, 0.6) is 0 Å². The van der Waals surface area contributed by atoms with Gasteiger partial charge in [-0.25, -0.2) is 0 Å². The molecule has 0 bridgehead atoms. The van der Waals surface area contributed by atoms with E-state index < -0.39 is 0 Å². The standard InChI is InChI=1S/C8H8O2/c1-3-7-5-10-8(4-2)6-9-7/h1-2,7-8H,5-6H2. The van der Waals surface area contributed by atoms with Crippen molar-refractivity contribution in [3.8, 4) is 24.7 Å². The predicted molar refractivity (Wildman–Crippen MR) is 37.1 cm³/mol. The highest BCUT2D eigenvalue weighted by Crippen LogP contribution is 2.04. The van der Waals surface area contributed by atoms with Crippen molar-refractivity contribution in [1.29, 1.82) is 0 Å². The van der Waals surface area contributed by atoms with Crippen LogP contribution in [0.15, 0.2) is 0 Å². The maximum absolute atomic E-state index is 5.13. The van der Waals surface area contributed by atoms with Crippen LogP contribution in [0.3, 0.4) is 0 Å². The molecule has 2 nitrogen and oxygen atoms in total. The monoisotopic (exact) mass is 136 g/mol. The molecule has 0 saturated carbocycles. The van der Waals surface area contributed by atoms with Crippen LogP contribution in [0.25, 0.3) is 0 Å². The van der Waals surface area contributed by atoms with Crippen LogP contribution in [-0.2, 0) is 9.47 Å². The van der Waals surface area contributed by atoms with Crippen molar-refractivity contribution in [2.75, 3.05) is 13.2 Å². The second-order valence-corrected chi connectivity index (χ2v) is 1.98. The fraction of sp³-hybridized carbons (Fsp3) is 0.500. The van der Waals surface area contributed by atoms with Gasteiger partial charge in [-0.15, -0.1) is 12.8 Å². The van der Waals surface area contributed by atoms with Gasteiger partial charge in [0, 0.05) is 0 Å². The molecule has 0 aromatic heterocycles. The van der Waals surface area contributed by atoms with Crippen LogP contribution in [0, 0.1) is 24.7 Å². The second kappa shape index (κ2) is 3.27. The Hall–Kier alpha value is -0.960. The third-order valence-corrected chi connectivity index (χ3v) is 1.27. The Morgan fingerprint density at radius 3 is 1.60 bits per heavy atom. The summed E-state index contributed by atoms with van der Waals surface area (Å²) in [4.78, 5) is 0. The first-order valence-electron chi connectivity index (χ1n) is 3.02. The summed E-state index contributed by atoms with van der Waals surface area (Å²) < 4.78 is 10.3. The van der Waals surface area contributed by atoms with Gasteiger partial charge >= 0.3 is 0 Å². The first-order chi connectivity index (χ1) is 4.86. The lowest BCUT2D eigenvalue weighted by Crippen LogP contribution is -2.33. The molecule has 1 saturated heterocycles. The van der Waals surface area contributed by atoms with E-state index in [1.54, 1.807) is 0 Å². The highest BCUT2D eigenvalue weighted by molar-refractivity contribution is 5.01. The van der Waals surface area contributed by atoms with Gasteiger partial charge in [0.2, 0.25) is 0 Å². The summed E-state index contributed by atoms with van der Waals surface area (Å²) in [6, 6.07) is 0. The summed E-state index contributed by atoms with van der Waals surface area (Å²) in [5.41, 5.74) is 0. The number of terminal acetylenes is 2. The van der Waals surface area contributed by atoms with Gasteiger partial charge in [0.15, 0.2) is 0 Å². The molecule has 0 spiro atoms. The largest absolute Gasteiger partial charge is 0.359 e. The predicted octanol–water partition coefficient (Wildman–Crippen LogP) is 0.0368. The van der Waals surface area contributed by atoms with Crippen molar-refractivity contribution < 1.29 is 9.47 Å². The molecule has 1 fully saturated rings. The molecular formula is C8H8O2. The molecule has 0 radical (unpaired) electrons. The molecule has 10 heavy (non-hydrogen) atoms. The Kier molecular flexibility index (Phi) is 2.34. The molecule has 1 aliphatic heterocycles. The Bertz CT molecular complexity index is 154. The van der Waals surface area contributed by atoms with E-state index in [4.69, 9.17) is 22.3 Å². The zero-order chi connectivity index (χ0) is 7.40. The summed E-state index contributed by atoms with van der Waals surface area (Å²) in [6.07, 6.45) is 9.73. The van der Waals surface area contributed by atoms with E-state index in [1.807, 2.05) is 0 Å². The molecule has 1 rings (SSSR count). The van der Waals surface area contributed by atoms with E-state index in [1.165, 1.54) is 0 Å². The fourth-order valence-corrected chi connectivity index (χ4v) is 0.696. The minimum Gasteiger partial charge on any atom is -0.359 e. The zero-order valence-corrected chi connectivity index (χ0v) is 5.54. The van der Waals surface area contributed by atoms with E-state index in [9.17, 15) is 0 Å². The van der Waals surface area contributed by atoms with Gasteiger partial charge in [-0.1, -0.05) is 11.8 Å². The fourth-order valence-electron chi connectivity index (χ4n) is 0.696. The minimum absolute atomic E-state index is 0.218. The van der Waals surface area contributed by atoms with Gasteiger partial charge in [0.25, 0.3) is 0 Å². The van der Waals surface area contributed by atoms with Crippen molar-refractivity contribution in [2.24, 2.45) is 0 Å². The van der Waals surface area contributed by atoms with Crippen molar-refractivity contribution in [3.63, 3.8) is 0 Å². The highest BCUT2D eigenvalue weighted by atomic mass is 16.6. The molecule has 2 heteroatoms. The number of rotatable bonds is 0. The second-order valence-electron chi connectivity index (χ2n) is 1.98. The normalized spacial score (nSPS) is 32.2. The average molecular weight is 136 g/mol. The van der Waals surface area contributed by atoms with E-state index in [2.05, 4.69) is 11.8 Å². The smallest absolute Gasteiger partial charge is 0.141 e. The van der Waals surface area contributed by atoms with Crippen LogP contribution in [-0.4, -0.2) is 25.4 Å². The molecule has 0 aliphatic carbocycles. The highest BCUT2D eigenvalue weighted by Gasteiger charge is 2.17. The quantitative estimate of drug-likeness (QED) is 0.438. The first kappa shape index (κ1) is 7.15. The summed E-state index contributed by atoms with van der Waals surface area (Å²) >= 11 is 0. The Balaban J connectivity index is 2.34. The maximum Gasteiger partial charge on any atom is 0.141 e. The minimum atomic E-state index is -0.218. The van der Waals surface area contributed by atoms with E-state index in [-0.39, 0.29) is 12.2 Å². The van der Waals surface area contributed by atoms with Crippen molar-refractivity contribution in [3.05, 3.63) is 0 Å². The molecule has 0 N–H and O–H groups in total. The van der Waals surface area contributed by atoms with Crippen LogP contribution in [0.2, 0.25) is 0 Å². The summed E-state index contributed by atoms with van der Waals surface area (Å²) in [5, 5.41) is 0. The SMILES string of the molecule is C#CC1COC(C#C)CO1. The number of hydrogen-bond donors (Lipinski definition) is 0. The number of hydrogen-bond acceptors (Lipinski definition) is 2. The van der Waals surface area contributed by atoms with Crippen molar-refractivity contribution >= 4 is 0 Å². The van der Waals surface area contributed by atoms with Crippen LogP contribution >= 0.6 is 0 Å². The van der Waals surface area contributed by atoms with Crippen LogP contribution < -0.4 is 0 Å². The molecule has 2 atom stereocenters. The topological polar surface area (TPSA) is 18.5 Å². The number of ether oxygens (including phenoxy) is 2. The summed E-state index contributed by atoms with van der Waals surface area (Å²) in [6.45, 7) is 0.816. The summed E-state index contributed by atoms with van der Waals surface area (Å²) in [7, 11) is 0. The Morgan fingerprint density at radius 1 is 1.00 bits per heavy atom. The molecule has 0 amide bonds. The van der Waals surface area contributed by atoms with Crippen molar-refractivity contribution in [1.82, 2.24) is 0 Å². The lowest BCUT2D eigenvalue weighted by atomic mass is 10.3. The van der Waals surface area contributed by atoms with Gasteiger partial charge in [0.05, 0.1) is 13.2 Å². The third-order valence-electron chi connectivity index (χ3n) is 1.27. The lowest BCUT2D eigenvalue weighted by molar-refractivity contribution is -0.0906. The van der Waals surface area contributed by atoms with Crippen LogP contribution in [0.4, 0.5) is 0 Å². The molecule has 0 aromatic rings. The van der Waals surface area contributed by atoms with Crippen molar-refractivity contribution in [2.45, 2.75) is 12.2 Å². The maximum atomic E-state index is 5.13.